The van der Waals surface area contributed by atoms with Gasteiger partial charge in [0.15, 0.2) is 0 Å². The normalized spacial score (nSPS) is 11.1. The van der Waals surface area contributed by atoms with Gasteiger partial charge in [0, 0.05) is 10.4 Å². The maximum absolute atomic E-state index is 12.2. The molecular weight excluding hydrogens is 396 g/mol. The summed E-state index contributed by atoms with van der Waals surface area (Å²) < 4.78 is 5.81. The molecule has 0 bridgehead atoms. The molecule has 3 aromatic rings. The van der Waals surface area contributed by atoms with Crippen LogP contribution in [0.2, 0.25) is 0 Å². The first-order chi connectivity index (χ1) is 14.8. The lowest BCUT2D eigenvalue weighted by Gasteiger charge is -2.06. The second-order valence-corrected chi connectivity index (χ2v) is 8.00. The van der Waals surface area contributed by atoms with E-state index in [1.807, 2.05) is 41.8 Å². The van der Waals surface area contributed by atoms with Crippen LogP contribution in [0.25, 0.3) is 11.3 Å². The molecule has 0 radical (unpaired) electrons. The zero-order valence-corrected chi connectivity index (χ0v) is 18.1. The van der Waals surface area contributed by atoms with Crippen LogP contribution in [0.4, 0.5) is 0 Å². The zero-order valence-electron chi connectivity index (χ0n) is 17.3. The molecule has 6 nitrogen and oxygen atoms in total. The summed E-state index contributed by atoms with van der Waals surface area (Å²) in [5, 5.41) is 12.9. The van der Waals surface area contributed by atoms with Gasteiger partial charge in [0.05, 0.1) is 18.5 Å². The highest BCUT2D eigenvalue weighted by atomic mass is 32.1. The zero-order chi connectivity index (χ0) is 21.0. The number of hydrogen-bond donors (Lipinski definition) is 2. The molecule has 0 aliphatic rings. The van der Waals surface area contributed by atoms with Gasteiger partial charge in [-0.15, -0.1) is 11.3 Å². The number of benzene rings is 1. The lowest BCUT2D eigenvalue weighted by Crippen LogP contribution is -2.17. The molecule has 2 heterocycles. The van der Waals surface area contributed by atoms with E-state index in [1.54, 1.807) is 23.6 Å². The maximum atomic E-state index is 12.2. The number of hydrogen-bond acceptors (Lipinski definition) is 5. The van der Waals surface area contributed by atoms with Gasteiger partial charge in [-0.25, -0.2) is 5.43 Å². The van der Waals surface area contributed by atoms with Crippen molar-refractivity contribution in [1.82, 2.24) is 15.6 Å². The van der Waals surface area contributed by atoms with Gasteiger partial charge in [-0.1, -0.05) is 45.1 Å². The van der Waals surface area contributed by atoms with E-state index in [0.29, 0.717) is 11.4 Å². The number of ether oxygens (including phenoxy) is 1. The number of nitrogens with one attached hydrogen (secondary N) is 2. The number of nitrogens with zero attached hydrogens (tertiary/aromatic N) is 2. The third-order valence-electron chi connectivity index (χ3n) is 4.64. The first-order valence-electron chi connectivity index (χ1n) is 10.4. The number of thiophene rings is 1. The Labute approximate surface area is 181 Å². The van der Waals surface area contributed by atoms with Gasteiger partial charge in [-0.3, -0.25) is 9.89 Å². The lowest BCUT2D eigenvalue weighted by atomic mass is 10.1. The molecule has 0 fully saturated rings. The van der Waals surface area contributed by atoms with Crippen molar-refractivity contribution in [2.24, 2.45) is 5.10 Å². The van der Waals surface area contributed by atoms with Crippen molar-refractivity contribution < 1.29 is 9.53 Å². The Balaban J connectivity index is 1.45. The topological polar surface area (TPSA) is 79.4 Å². The smallest absolute Gasteiger partial charge is 0.289 e. The quantitative estimate of drug-likeness (QED) is 0.224. The molecule has 30 heavy (non-hydrogen) atoms. The molecule has 7 heteroatoms. The molecule has 158 valence electrons. The molecule has 0 aliphatic heterocycles. The molecule has 0 unspecified atom stereocenters. The number of carbonyl (C=O) groups is 1. The summed E-state index contributed by atoms with van der Waals surface area (Å²) in [4.78, 5) is 13.2. The van der Waals surface area contributed by atoms with Crippen LogP contribution in [0, 0.1) is 0 Å². The third-order valence-corrected chi connectivity index (χ3v) is 5.45. The summed E-state index contributed by atoms with van der Waals surface area (Å²) in [7, 11) is 0. The second kappa shape index (κ2) is 11.9. The van der Waals surface area contributed by atoms with E-state index in [4.69, 9.17) is 4.74 Å². The predicted octanol–water partition coefficient (Wildman–Crippen LogP) is 5.64. The fourth-order valence-electron chi connectivity index (χ4n) is 2.96. The van der Waals surface area contributed by atoms with Gasteiger partial charge in [0.25, 0.3) is 5.91 Å². The minimum Gasteiger partial charge on any atom is -0.494 e. The van der Waals surface area contributed by atoms with Crippen LogP contribution in [-0.4, -0.2) is 28.9 Å². The molecule has 0 spiro atoms. The van der Waals surface area contributed by atoms with Gasteiger partial charge >= 0.3 is 0 Å². The molecule has 2 aromatic heterocycles. The van der Waals surface area contributed by atoms with E-state index in [9.17, 15) is 4.79 Å². The summed E-state index contributed by atoms with van der Waals surface area (Å²) in [6, 6.07) is 13.3. The Bertz CT molecular complexity index is 917. The van der Waals surface area contributed by atoms with Crippen LogP contribution in [-0.2, 0) is 0 Å². The third kappa shape index (κ3) is 6.84. The number of rotatable bonds is 12. The van der Waals surface area contributed by atoms with E-state index < -0.39 is 0 Å². The molecule has 3 rings (SSSR count). The Kier molecular flexibility index (Phi) is 8.65. The molecule has 0 saturated carbocycles. The fraction of sp³-hybridized carbons (Fsp3) is 0.348. The molecular formula is C23H28N4O2S. The number of aromatic amines is 1. The number of unbranched alkanes of at least 4 members (excludes halogenated alkanes) is 5. The molecule has 0 aliphatic carbocycles. The second-order valence-electron chi connectivity index (χ2n) is 7.02. The van der Waals surface area contributed by atoms with Gasteiger partial charge in [-0.2, -0.15) is 10.2 Å². The van der Waals surface area contributed by atoms with Gasteiger partial charge in [0.1, 0.15) is 11.4 Å². The SMILES string of the molecule is CCCCCCCCOc1ccc(-c2cc(C(=O)NN=Cc3cccs3)[nH]n2)cc1. The highest BCUT2D eigenvalue weighted by molar-refractivity contribution is 7.11. The minimum atomic E-state index is -0.333. The first kappa shape index (κ1) is 21.8. The van der Waals surface area contributed by atoms with Crippen molar-refractivity contribution >= 4 is 23.5 Å². The highest BCUT2D eigenvalue weighted by Crippen LogP contribution is 2.21. The van der Waals surface area contributed by atoms with Crippen LogP contribution < -0.4 is 10.2 Å². The van der Waals surface area contributed by atoms with Crippen LogP contribution >= 0.6 is 11.3 Å². The van der Waals surface area contributed by atoms with E-state index in [2.05, 4.69) is 27.6 Å². The molecule has 0 atom stereocenters. The summed E-state index contributed by atoms with van der Waals surface area (Å²) >= 11 is 1.55. The maximum Gasteiger partial charge on any atom is 0.289 e. The van der Waals surface area contributed by atoms with Crippen molar-refractivity contribution in [2.75, 3.05) is 6.61 Å². The van der Waals surface area contributed by atoms with Gasteiger partial charge in [-0.05, 0) is 48.2 Å². The fourth-order valence-corrected chi connectivity index (χ4v) is 3.54. The minimum absolute atomic E-state index is 0.333. The summed E-state index contributed by atoms with van der Waals surface area (Å²) in [6.07, 6.45) is 9.10. The Morgan fingerprint density at radius 3 is 2.73 bits per heavy atom. The van der Waals surface area contributed by atoms with Crippen LogP contribution in [0.3, 0.4) is 0 Å². The van der Waals surface area contributed by atoms with Crippen LogP contribution in [0.15, 0.2) is 52.9 Å². The molecule has 1 aromatic carbocycles. The monoisotopic (exact) mass is 424 g/mol. The number of hydrazone groups is 1. The van der Waals surface area contributed by atoms with Gasteiger partial charge < -0.3 is 4.74 Å². The van der Waals surface area contributed by atoms with Crippen molar-refractivity contribution in [3.8, 4) is 17.0 Å². The molecule has 0 saturated heterocycles. The number of H-pyrrole nitrogens is 1. The predicted molar refractivity (Wildman–Crippen MR) is 122 cm³/mol. The number of aromatic nitrogens is 2. The average molecular weight is 425 g/mol. The number of amides is 1. The van der Waals surface area contributed by atoms with Crippen molar-refractivity contribution in [3.63, 3.8) is 0 Å². The Morgan fingerprint density at radius 2 is 1.97 bits per heavy atom. The van der Waals surface area contributed by atoms with Crippen molar-refractivity contribution in [2.45, 2.75) is 45.4 Å². The first-order valence-corrected chi connectivity index (χ1v) is 11.3. The summed E-state index contributed by atoms with van der Waals surface area (Å²) in [5.41, 5.74) is 4.47. The summed E-state index contributed by atoms with van der Waals surface area (Å²) in [6.45, 7) is 2.97. The largest absolute Gasteiger partial charge is 0.494 e. The molecule has 1 amide bonds. The molecule has 2 N–H and O–H groups in total. The van der Waals surface area contributed by atoms with E-state index in [-0.39, 0.29) is 5.91 Å². The Hall–Kier alpha value is -2.93. The van der Waals surface area contributed by atoms with Crippen molar-refractivity contribution in [3.05, 3.63) is 58.4 Å². The van der Waals surface area contributed by atoms with E-state index >= 15 is 0 Å². The lowest BCUT2D eigenvalue weighted by molar-refractivity contribution is 0.0950. The summed E-state index contributed by atoms with van der Waals surface area (Å²) in [5.74, 6) is 0.518. The number of carbonyl (C=O) groups excluding carboxylic acids is 1. The standard InChI is InChI=1S/C23H28N4O2S/c1-2-3-4-5-6-7-14-29-19-12-10-18(11-13-19)21-16-22(26-25-21)23(28)27-24-17-20-9-8-15-30-20/h8-13,15-17H,2-7,14H2,1H3,(H,25,26)(H,27,28). The van der Waals surface area contributed by atoms with Gasteiger partial charge in [0.2, 0.25) is 0 Å². The van der Waals surface area contributed by atoms with Crippen LogP contribution in [0.5, 0.6) is 5.75 Å². The Morgan fingerprint density at radius 1 is 1.17 bits per heavy atom. The van der Waals surface area contributed by atoms with Crippen LogP contribution in [0.1, 0.15) is 60.8 Å². The van der Waals surface area contributed by atoms with Crippen molar-refractivity contribution in [1.29, 1.82) is 0 Å². The highest BCUT2D eigenvalue weighted by Gasteiger charge is 2.10. The van der Waals surface area contributed by atoms with E-state index in [0.717, 1.165) is 29.2 Å². The van der Waals surface area contributed by atoms with E-state index in [1.165, 1.54) is 32.1 Å². The average Bonchev–Trinajstić information content (AvgIpc) is 3.46.